The first-order chi connectivity index (χ1) is 13.8. The number of hydrogen-bond donors (Lipinski definition) is 0. The quantitative estimate of drug-likeness (QED) is 0.218. The molecule has 146 valence electrons. The molecule has 29 heavy (non-hydrogen) atoms. The third-order valence-corrected chi connectivity index (χ3v) is 6.33. The molecular formula is C22H15Br2NO3S. The van der Waals surface area contributed by atoms with E-state index in [-0.39, 0.29) is 10.6 Å². The average molecular weight is 533 g/mol. The molecule has 0 aromatic heterocycles. The van der Waals surface area contributed by atoms with Gasteiger partial charge in [0.15, 0.2) is 0 Å². The second kappa shape index (κ2) is 8.95. The first-order valence-electron chi connectivity index (χ1n) is 8.47. The minimum atomic E-state index is -4.01. The molecule has 4 nitrogen and oxygen atoms in total. The van der Waals surface area contributed by atoms with Crippen LogP contribution in [0, 0.1) is 18.3 Å². The molecule has 0 bridgehead atoms. The van der Waals surface area contributed by atoms with Crippen molar-refractivity contribution in [1.29, 1.82) is 5.26 Å². The highest BCUT2D eigenvalue weighted by Crippen LogP contribution is 2.30. The van der Waals surface area contributed by atoms with E-state index in [4.69, 9.17) is 4.18 Å². The molecule has 0 fully saturated rings. The molecule has 3 rings (SSSR count). The van der Waals surface area contributed by atoms with Gasteiger partial charge in [-0.05, 0) is 61.0 Å². The van der Waals surface area contributed by atoms with Crippen molar-refractivity contribution in [3.8, 4) is 11.8 Å². The van der Waals surface area contributed by atoms with Crippen molar-refractivity contribution < 1.29 is 12.6 Å². The lowest BCUT2D eigenvalue weighted by Gasteiger charge is -2.11. The Morgan fingerprint density at radius 2 is 1.59 bits per heavy atom. The van der Waals surface area contributed by atoms with Crippen molar-refractivity contribution in [3.63, 3.8) is 0 Å². The van der Waals surface area contributed by atoms with Crippen LogP contribution in [0.1, 0.15) is 16.7 Å². The summed E-state index contributed by atoms with van der Waals surface area (Å²) in [4.78, 5) is 0.0642. The number of hydrogen-bond acceptors (Lipinski definition) is 4. The number of allylic oxidation sites excluding steroid dienone is 1. The standard InChI is InChI=1S/C22H15Br2NO3S/c1-15-2-9-21(10-3-15)29(26,27)28-22-11-8-20(24)13-17(22)12-18(14-25)16-4-6-19(23)7-5-16/h2-13H,1H3/b18-12+. The molecule has 0 heterocycles. The van der Waals surface area contributed by atoms with Crippen molar-refractivity contribution in [2.45, 2.75) is 11.8 Å². The Kier molecular flexibility index (Phi) is 6.58. The van der Waals surface area contributed by atoms with Crippen LogP contribution in [-0.2, 0) is 10.1 Å². The van der Waals surface area contributed by atoms with Gasteiger partial charge in [-0.1, -0.05) is 61.7 Å². The number of benzene rings is 3. The number of nitrogens with zero attached hydrogens (tertiary/aromatic N) is 1. The average Bonchev–Trinajstić information content (AvgIpc) is 2.69. The van der Waals surface area contributed by atoms with Crippen molar-refractivity contribution in [3.05, 3.63) is 92.4 Å². The molecular weight excluding hydrogens is 518 g/mol. The highest BCUT2D eigenvalue weighted by atomic mass is 79.9. The van der Waals surface area contributed by atoms with E-state index in [1.165, 1.54) is 12.1 Å². The number of aryl methyl sites for hydroxylation is 1. The molecule has 3 aromatic rings. The van der Waals surface area contributed by atoms with Gasteiger partial charge in [0, 0.05) is 14.5 Å². The van der Waals surface area contributed by atoms with Crippen molar-refractivity contribution in [2.75, 3.05) is 0 Å². The molecule has 0 N–H and O–H groups in total. The van der Waals surface area contributed by atoms with E-state index < -0.39 is 10.1 Å². The van der Waals surface area contributed by atoms with Gasteiger partial charge in [-0.2, -0.15) is 13.7 Å². The van der Waals surface area contributed by atoms with Crippen LogP contribution in [0.15, 0.2) is 80.6 Å². The first kappa shape index (κ1) is 21.3. The zero-order valence-corrected chi connectivity index (χ0v) is 19.3. The predicted octanol–water partition coefficient (Wildman–Crippen LogP) is 6.35. The Morgan fingerprint density at radius 3 is 2.21 bits per heavy atom. The Morgan fingerprint density at radius 1 is 0.966 bits per heavy atom. The van der Waals surface area contributed by atoms with Gasteiger partial charge in [0.1, 0.15) is 10.6 Å². The van der Waals surface area contributed by atoms with Crippen LogP contribution >= 0.6 is 31.9 Å². The molecule has 0 saturated heterocycles. The molecule has 0 aliphatic heterocycles. The summed E-state index contributed by atoms with van der Waals surface area (Å²) in [7, 11) is -4.01. The summed E-state index contributed by atoms with van der Waals surface area (Å²) in [5.74, 6) is 0.138. The fourth-order valence-corrected chi connectivity index (χ4v) is 4.14. The molecule has 0 saturated carbocycles. The molecule has 0 atom stereocenters. The zero-order valence-electron chi connectivity index (χ0n) is 15.3. The third kappa shape index (κ3) is 5.36. The lowest BCUT2D eigenvalue weighted by molar-refractivity contribution is 0.485. The third-order valence-electron chi connectivity index (χ3n) is 4.06. The van der Waals surface area contributed by atoms with E-state index in [2.05, 4.69) is 37.9 Å². The molecule has 0 amide bonds. The van der Waals surface area contributed by atoms with Crippen LogP contribution in [0.2, 0.25) is 0 Å². The van der Waals surface area contributed by atoms with Gasteiger partial charge < -0.3 is 4.18 Å². The Balaban J connectivity index is 2.03. The van der Waals surface area contributed by atoms with E-state index >= 15 is 0 Å². The van der Waals surface area contributed by atoms with Gasteiger partial charge in [-0.3, -0.25) is 0 Å². The van der Waals surface area contributed by atoms with Crippen LogP contribution in [0.25, 0.3) is 11.6 Å². The van der Waals surface area contributed by atoms with Crippen molar-refractivity contribution >= 4 is 53.6 Å². The first-order valence-corrected chi connectivity index (χ1v) is 11.5. The van der Waals surface area contributed by atoms with E-state index in [1.807, 2.05) is 19.1 Å². The van der Waals surface area contributed by atoms with Gasteiger partial charge in [0.05, 0.1) is 11.6 Å². The molecule has 0 radical (unpaired) electrons. The van der Waals surface area contributed by atoms with E-state index in [0.29, 0.717) is 16.7 Å². The van der Waals surface area contributed by atoms with Gasteiger partial charge in [0.25, 0.3) is 0 Å². The maximum Gasteiger partial charge on any atom is 0.339 e. The highest BCUT2D eigenvalue weighted by Gasteiger charge is 2.18. The summed E-state index contributed by atoms with van der Waals surface area (Å²) < 4.78 is 32.4. The van der Waals surface area contributed by atoms with Gasteiger partial charge in [-0.15, -0.1) is 0 Å². The van der Waals surface area contributed by atoms with E-state index in [1.54, 1.807) is 48.5 Å². The smallest absolute Gasteiger partial charge is 0.339 e. The Labute approximate surface area is 186 Å². The largest absolute Gasteiger partial charge is 0.378 e. The maximum atomic E-state index is 12.7. The SMILES string of the molecule is Cc1ccc(S(=O)(=O)Oc2ccc(Br)cc2/C=C(\C#N)c2ccc(Br)cc2)cc1. The summed E-state index contributed by atoms with van der Waals surface area (Å²) in [5.41, 5.74) is 2.51. The van der Waals surface area contributed by atoms with Crippen molar-refractivity contribution in [1.82, 2.24) is 0 Å². The van der Waals surface area contributed by atoms with Crippen molar-refractivity contribution in [2.24, 2.45) is 0 Å². The zero-order chi connectivity index (χ0) is 21.0. The number of halogens is 2. The van der Waals surface area contributed by atoms with Crippen LogP contribution < -0.4 is 4.18 Å². The van der Waals surface area contributed by atoms with Crippen LogP contribution in [0.3, 0.4) is 0 Å². The lowest BCUT2D eigenvalue weighted by Crippen LogP contribution is -2.10. The molecule has 0 aliphatic carbocycles. The normalized spacial score (nSPS) is 11.7. The highest BCUT2D eigenvalue weighted by molar-refractivity contribution is 9.10. The number of nitriles is 1. The molecule has 0 spiro atoms. The summed E-state index contributed by atoms with van der Waals surface area (Å²) in [5, 5.41) is 9.61. The molecule has 0 unspecified atom stereocenters. The van der Waals surface area contributed by atoms with Crippen LogP contribution in [-0.4, -0.2) is 8.42 Å². The fraction of sp³-hybridized carbons (Fsp3) is 0.0455. The lowest BCUT2D eigenvalue weighted by atomic mass is 10.0. The second-order valence-electron chi connectivity index (χ2n) is 6.21. The predicted molar refractivity (Wildman–Crippen MR) is 121 cm³/mol. The van der Waals surface area contributed by atoms with Crippen LogP contribution in [0.5, 0.6) is 5.75 Å². The number of rotatable bonds is 5. The Hall–Kier alpha value is -2.40. The summed E-state index contributed by atoms with van der Waals surface area (Å²) >= 11 is 6.75. The van der Waals surface area contributed by atoms with E-state index in [9.17, 15) is 13.7 Å². The maximum absolute atomic E-state index is 12.7. The molecule has 7 heteroatoms. The van der Waals surface area contributed by atoms with Gasteiger partial charge >= 0.3 is 10.1 Å². The second-order valence-corrected chi connectivity index (χ2v) is 9.59. The molecule has 3 aromatic carbocycles. The fourth-order valence-electron chi connectivity index (χ4n) is 2.54. The van der Waals surface area contributed by atoms with Gasteiger partial charge in [-0.25, -0.2) is 0 Å². The monoisotopic (exact) mass is 531 g/mol. The molecule has 0 aliphatic rings. The van der Waals surface area contributed by atoms with Crippen LogP contribution in [0.4, 0.5) is 0 Å². The van der Waals surface area contributed by atoms with E-state index in [0.717, 1.165) is 14.5 Å². The summed E-state index contributed by atoms with van der Waals surface area (Å²) in [6.45, 7) is 1.88. The van der Waals surface area contributed by atoms with Gasteiger partial charge in [0.2, 0.25) is 0 Å². The minimum absolute atomic E-state index is 0.0642. The topological polar surface area (TPSA) is 67.2 Å². The summed E-state index contributed by atoms with van der Waals surface area (Å²) in [6.07, 6.45) is 1.61. The minimum Gasteiger partial charge on any atom is -0.378 e. The Bertz CT molecular complexity index is 1210. The summed E-state index contributed by atoms with van der Waals surface area (Å²) in [6, 6.07) is 20.8.